The van der Waals surface area contributed by atoms with Gasteiger partial charge < -0.3 is 15.0 Å². The summed E-state index contributed by atoms with van der Waals surface area (Å²) in [6.45, 7) is 3.84. The van der Waals surface area contributed by atoms with Crippen molar-refractivity contribution in [3.63, 3.8) is 0 Å². The smallest absolute Gasteiger partial charge is 0.434 e. The molecule has 1 saturated heterocycles. The number of rotatable bonds is 5. The van der Waals surface area contributed by atoms with Crippen LogP contribution in [0.3, 0.4) is 0 Å². The summed E-state index contributed by atoms with van der Waals surface area (Å²) < 4.78 is 42.8. The molecule has 1 N–H and O–H groups in total. The van der Waals surface area contributed by atoms with Crippen LogP contribution < -0.4 is 5.32 Å². The second-order valence-corrected chi connectivity index (χ2v) is 6.83. The fraction of sp³-hybridized carbons (Fsp3) is 0.688. The maximum atomic E-state index is 12.6. The molecule has 0 saturated carbocycles. The van der Waals surface area contributed by atoms with Crippen LogP contribution in [0.1, 0.15) is 30.5 Å². The molecule has 154 valence electrons. The predicted molar refractivity (Wildman–Crippen MR) is 109 cm³/mol. The van der Waals surface area contributed by atoms with Crippen molar-refractivity contribution in [3.8, 4) is 0 Å². The van der Waals surface area contributed by atoms with Gasteiger partial charge in [0.1, 0.15) is 0 Å². The van der Waals surface area contributed by atoms with Gasteiger partial charge in [-0.2, -0.15) is 13.2 Å². The van der Waals surface area contributed by atoms with E-state index >= 15 is 0 Å². The number of halogens is 4. The van der Waals surface area contributed by atoms with E-state index in [4.69, 9.17) is 4.74 Å². The van der Waals surface area contributed by atoms with Crippen LogP contribution in [0.15, 0.2) is 10.4 Å². The Morgan fingerprint density at radius 3 is 2.85 bits per heavy atom. The molecule has 0 aromatic carbocycles. The van der Waals surface area contributed by atoms with E-state index in [9.17, 15) is 18.0 Å². The zero-order chi connectivity index (χ0) is 19.2. The van der Waals surface area contributed by atoms with Gasteiger partial charge in [-0.05, 0) is 19.8 Å². The van der Waals surface area contributed by atoms with Crippen molar-refractivity contribution in [2.75, 3.05) is 33.3 Å². The van der Waals surface area contributed by atoms with Gasteiger partial charge >= 0.3 is 12.1 Å². The number of hydrogen-bond donors (Lipinski definition) is 1. The first kappa shape index (κ1) is 23.9. The lowest BCUT2D eigenvalue weighted by Crippen LogP contribution is -2.48. The number of aromatic nitrogens is 1. The van der Waals surface area contributed by atoms with E-state index < -0.39 is 11.9 Å². The second-order valence-electron chi connectivity index (χ2n) is 5.89. The Labute approximate surface area is 177 Å². The lowest BCUT2D eigenvalue weighted by atomic mass is 9.98. The normalized spacial score (nSPS) is 18.0. The molecule has 2 heterocycles. The molecule has 1 aliphatic rings. The van der Waals surface area contributed by atoms with Crippen LogP contribution in [-0.4, -0.2) is 55.1 Å². The fourth-order valence-electron chi connectivity index (χ4n) is 2.79. The Bertz CT molecular complexity index is 639. The van der Waals surface area contributed by atoms with Crippen LogP contribution in [0.25, 0.3) is 0 Å². The minimum absolute atomic E-state index is 0. The Morgan fingerprint density at radius 2 is 2.26 bits per heavy atom. The van der Waals surface area contributed by atoms with Crippen molar-refractivity contribution in [1.82, 2.24) is 15.2 Å². The first-order valence-electron chi connectivity index (χ1n) is 8.49. The largest absolute Gasteiger partial charge is 0.466 e. The maximum Gasteiger partial charge on any atom is 0.434 e. The van der Waals surface area contributed by atoms with E-state index in [-0.39, 0.29) is 35.9 Å². The van der Waals surface area contributed by atoms with Crippen LogP contribution in [0.2, 0.25) is 0 Å². The molecular weight excluding hydrogens is 496 g/mol. The van der Waals surface area contributed by atoms with E-state index in [0.717, 1.165) is 36.1 Å². The summed E-state index contributed by atoms with van der Waals surface area (Å²) in [6.07, 6.45) is -2.40. The highest BCUT2D eigenvalue weighted by Crippen LogP contribution is 2.30. The number of nitrogens with zero attached hydrogens (tertiary/aromatic N) is 3. The van der Waals surface area contributed by atoms with Crippen molar-refractivity contribution in [3.05, 3.63) is 16.1 Å². The molecule has 1 aromatic heterocycles. The van der Waals surface area contributed by atoms with Gasteiger partial charge in [-0.3, -0.25) is 9.79 Å². The van der Waals surface area contributed by atoms with Crippen LogP contribution in [-0.2, 0) is 22.1 Å². The van der Waals surface area contributed by atoms with Crippen LogP contribution in [0, 0.1) is 5.92 Å². The highest BCUT2D eigenvalue weighted by molar-refractivity contribution is 14.0. The van der Waals surface area contributed by atoms with Gasteiger partial charge in [0.2, 0.25) is 0 Å². The molecule has 0 radical (unpaired) electrons. The summed E-state index contributed by atoms with van der Waals surface area (Å²) in [5.41, 5.74) is -0.852. The zero-order valence-electron chi connectivity index (χ0n) is 15.2. The zero-order valence-corrected chi connectivity index (χ0v) is 18.4. The third kappa shape index (κ3) is 7.09. The number of aliphatic imine (C=N–C) groups is 1. The molecule has 0 spiro atoms. The van der Waals surface area contributed by atoms with Crippen LogP contribution >= 0.6 is 35.3 Å². The third-order valence-electron chi connectivity index (χ3n) is 4.02. The number of hydrogen-bond acceptors (Lipinski definition) is 5. The van der Waals surface area contributed by atoms with Crippen molar-refractivity contribution >= 4 is 47.2 Å². The summed E-state index contributed by atoms with van der Waals surface area (Å²) in [6, 6.07) is 0. The van der Waals surface area contributed by atoms with E-state index in [1.807, 2.05) is 4.90 Å². The van der Waals surface area contributed by atoms with E-state index in [0.29, 0.717) is 37.1 Å². The van der Waals surface area contributed by atoms with Crippen LogP contribution in [0.4, 0.5) is 13.2 Å². The van der Waals surface area contributed by atoms with Gasteiger partial charge in [0.15, 0.2) is 11.7 Å². The molecule has 1 atom stereocenters. The standard InChI is InChI=1S/C16H23F3N4O2S.HI/c1-3-25-14(24)11-5-4-8-23(9-11)15(20-2)21-7-6-13-22-12(10-26-13)16(17,18)19;/h10-11H,3-9H2,1-2H3,(H,20,21);1H. The molecule has 0 amide bonds. The molecule has 1 aromatic rings. The number of guanidine groups is 1. The van der Waals surface area contributed by atoms with Gasteiger partial charge in [-0.1, -0.05) is 0 Å². The summed E-state index contributed by atoms with van der Waals surface area (Å²) in [5.74, 6) is 0.247. The Morgan fingerprint density at radius 1 is 1.52 bits per heavy atom. The number of alkyl halides is 3. The SMILES string of the molecule is CCOC(=O)C1CCCN(C(=NC)NCCc2nc(C(F)(F)F)cs2)C1.I. The van der Waals surface area contributed by atoms with Gasteiger partial charge in [-0.25, -0.2) is 4.98 Å². The van der Waals surface area contributed by atoms with Gasteiger partial charge in [0.05, 0.1) is 17.5 Å². The number of thiazole rings is 1. The molecule has 6 nitrogen and oxygen atoms in total. The fourth-order valence-corrected chi connectivity index (χ4v) is 3.60. The Kier molecular flexibility index (Phi) is 9.77. The minimum atomic E-state index is -4.41. The second kappa shape index (κ2) is 11.0. The van der Waals surface area contributed by atoms with Crippen molar-refractivity contribution in [2.24, 2.45) is 10.9 Å². The number of carbonyl (C=O) groups is 1. The van der Waals surface area contributed by atoms with Crippen molar-refractivity contribution in [2.45, 2.75) is 32.4 Å². The molecule has 27 heavy (non-hydrogen) atoms. The summed E-state index contributed by atoms with van der Waals surface area (Å²) in [7, 11) is 1.64. The van der Waals surface area contributed by atoms with E-state index in [1.165, 1.54) is 0 Å². The minimum Gasteiger partial charge on any atom is -0.466 e. The van der Waals surface area contributed by atoms with Crippen LogP contribution in [0.5, 0.6) is 0 Å². The number of ether oxygens (including phenoxy) is 1. The van der Waals surface area contributed by atoms with E-state index in [1.54, 1.807) is 14.0 Å². The number of piperidine rings is 1. The monoisotopic (exact) mass is 520 g/mol. The topological polar surface area (TPSA) is 66.8 Å². The number of likely N-dealkylation sites (tertiary alicyclic amines) is 1. The highest BCUT2D eigenvalue weighted by Gasteiger charge is 2.33. The molecule has 11 heteroatoms. The maximum absolute atomic E-state index is 12.6. The average molecular weight is 520 g/mol. The summed E-state index contributed by atoms with van der Waals surface area (Å²) in [5, 5.41) is 4.58. The molecule has 2 rings (SSSR count). The lowest BCUT2D eigenvalue weighted by Gasteiger charge is -2.33. The van der Waals surface area contributed by atoms with Gasteiger partial charge in [0, 0.05) is 38.5 Å². The first-order valence-corrected chi connectivity index (χ1v) is 9.37. The Balaban J connectivity index is 0.00000364. The summed E-state index contributed by atoms with van der Waals surface area (Å²) >= 11 is 0.995. The van der Waals surface area contributed by atoms with E-state index in [2.05, 4.69) is 15.3 Å². The molecule has 1 fully saturated rings. The highest BCUT2D eigenvalue weighted by atomic mass is 127. The number of carbonyl (C=O) groups excluding carboxylic acids is 1. The van der Waals surface area contributed by atoms with Crippen molar-refractivity contribution < 1.29 is 22.7 Å². The molecule has 0 aliphatic carbocycles. The third-order valence-corrected chi connectivity index (χ3v) is 4.93. The van der Waals surface area contributed by atoms with Crippen molar-refractivity contribution in [1.29, 1.82) is 0 Å². The molecule has 0 bridgehead atoms. The molecule has 1 unspecified atom stereocenters. The Hall–Kier alpha value is -1.11. The molecular formula is C16H24F3IN4O2S. The number of esters is 1. The quantitative estimate of drug-likeness (QED) is 0.280. The summed E-state index contributed by atoms with van der Waals surface area (Å²) in [4.78, 5) is 21.7. The lowest BCUT2D eigenvalue weighted by molar-refractivity contribution is -0.149. The molecule has 1 aliphatic heterocycles. The average Bonchev–Trinajstić information content (AvgIpc) is 3.08. The van der Waals surface area contributed by atoms with Gasteiger partial charge in [0.25, 0.3) is 0 Å². The van der Waals surface area contributed by atoms with Gasteiger partial charge in [-0.15, -0.1) is 35.3 Å². The number of nitrogens with one attached hydrogen (secondary N) is 1. The predicted octanol–water partition coefficient (Wildman–Crippen LogP) is 3.17. The first-order chi connectivity index (χ1) is 12.3.